The first-order chi connectivity index (χ1) is 20.6. The van der Waals surface area contributed by atoms with Crippen molar-refractivity contribution in [3.8, 4) is 0 Å². The number of esters is 4. The van der Waals surface area contributed by atoms with Crippen LogP contribution < -0.4 is 0 Å². The van der Waals surface area contributed by atoms with Crippen LogP contribution in [-0.4, -0.2) is 60.0 Å². The van der Waals surface area contributed by atoms with E-state index in [4.69, 9.17) is 18.9 Å². The Morgan fingerprint density at radius 1 is 0.932 bits per heavy atom. The molecule has 3 fully saturated rings. The van der Waals surface area contributed by atoms with Gasteiger partial charge in [-0.1, -0.05) is 52.5 Å². The Kier molecular flexibility index (Phi) is 10.6. The highest BCUT2D eigenvalue weighted by molar-refractivity contribution is 5.67. The van der Waals surface area contributed by atoms with Crippen molar-refractivity contribution in [2.24, 2.45) is 46.3 Å². The van der Waals surface area contributed by atoms with Gasteiger partial charge >= 0.3 is 23.9 Å². The van der Waals surface area contributed by atoms with Gasteiger partial charge in [-0.2, -0.15) is 0 Å². The van der Waals surface area contributed by atoms with E-state index in [0.717, 1.165) is 37.7 Å². The molecule has 0 bridgehead atoms. The van der Waals surface area contributed by atoms with Gasteiger partial charge in [-0.15, -0.1) is 0 Å². The van der Waals surface area contributed by atoms with E-state index >= 15 is 0 Å². The number of aliphatic hydroxyl groups is 1. The number of rotatable bonds is 10. The van der Waals surface area contributed by atoms with E-state index in [9.17, 15) is 24.3 Å². The van der Waals surface area contributed by atoms with Crippen molar-refractivity contribution in [1.82, 2.24) is 0 Å². The van der Waals surface area contributed by atoms with Crippen molar-refractivity contribution in [3.05, 3.63) is 11.6 Å². The van der Waals surface area contributed by atoms with Gasteiger partial charge in [0.25, 0.3) is 0 Å². The second-order valence-corrected chi connectivity index (χ2v) is 14.9. The van der Waals surface area contributed by atoms with E-state index in [0.29, 0.717) is 31.1 Å². The summed E-state index contributed by atoms with van der Waals surface area (Å²) in [6.45, 7) is 14.7. The molecule has 4 rings (SSSR count). The van der Waals surface area contributed by atoms with Crippen LogP contribution in [0.2, 0.25) is 0 Å². The van der Waals surface area contributed by atoms with Crippen molar-refractivity contribution >= 4 is 23.9 Å². The molecule has 9 nitrogen and oxygen atoms in total. The van der Waals surface area contributed by atoms with E-state index in [1.165, 1.54) is 27.7 Å². The summed E-state index contributed by atoms with van der Waals surface area (Å²) in [5.74, 6) is -0.923. The first kappa shape index (κ1) is 34.5. The quantitative estimate of drug-likeness (QED) is 0.190. The lowest BCUT2D eigenvalue weighted by molar-refractivity contribution is -0.187. The summed E-state index contributed by atoms with van der Waals surface area (Å²) in [5, 5.41) is 11.0. The van der Waals surface area contributed by atoms with Gasteiger partial charge in [-0.25, -0.2) is 0 Å². The molecule has 1 N–H and O–H groups in total. The Bertz CT molecular complexity index is 1130. The monoisotopic (exact) mass is 618 g/mol. The number of hydrogen-bond donors (Lipinski definition) is 1. The fourth-order valence-corrected chi connectivity index (χ4v) is 9.84. The van der Waals surface area contributed by atoms with Crippen LogP contribution in [-0.2, 0) is 38.1 Å². The van der Waals surface area contributed by atoms with Crippen LogP contribution in [0, 0.1) is 46.3 Å². The van der Waals surface area contributed by atoms with Gasteiger partial charge < -0.3 is 24.1 Å². The maximum absolute atomic E-state index is 12.6. The summed E-state index contributed by atoms with van der Waals surface area (Å²) in [6.07, 6.45) is 5.70. The normalized spacial score (nSPS) is 38.4. The van der Waals surface area contributed by atoms with Crippen molar-refractivity contribution in [2.75, 3.05) is 6.61 Å². The van der Waals surface area contributed by atoms with Crippen molar-refractivity contribution in [2.45, 2.75) is 131 Å². The number of ether oxygens (including phenoxy) is 4. The predicted molar refractivity (Wildman–Crippen MR) is 163 cm³/mol. The number of carbonyl (C=O) groups excluding carboxylic acids is 4. The van der Waals surface area contributed by atoms with Crippen LogP contribution in [0.4, 0.5) is 0 Å². The molecule has 0 aromatic carbocycles. The lowest BCUT2D eigenvalue weighted by Crippen LogP contribution is -2.60. The van der Waals surface area contributed by atoms with Gasteiger partial charge in [0.2, 0.25) is 0 Å². The van der Waals surface area contributed by atoms with E-state index in [2.05, 4.69) is 27.7 Å². The molecule has 4 aliphatic rings. The fraction of sp³-hybridized carbons (Fsp3) is 0.829. The molecular weight excluding hydrogens is 564 g/mol. The molecule has 0 spiro atoms. The molecule has 0 radical (unpaired) electrons. The largest absolute Gasteiger partial charge is 0.465 e. The fourth-order valence-electron chi connectivity index (χ4n) is 9.84. The SMILES string of the molecule is CC(=O)OC[C@]12CC[C@H]3[C@H]([C@@H]1[C@H](OC(C)=O)C[C@@H]2[C@H](C)CCCC(C)C)[C@@H](OC(C)=O)C=C1C[C@H](O)[C@H](OC(C)=O)C[C@@]13C. The molecular formula is C35H54O9. The number of hydrogen-bond acceptors (Lipinski definition) is 9. The molecule has 0 aliphatic heterocycles. The average molecular weight is 619 g/mol. The van der Waals surface area contributed by atoms with Crippen LogP contribution in [0.25, 0.3) is 0 Å². The van der Waals surface area contributed by atoms with Gasteiger partial charge in [-0.05, 0) is 67.3 Å². The number of carbonyl (C=O) groups is 4. The summed E-state index contributed by atoms with van der Waals surface area (Å²) in [4.78, 5) is 49.4. The minimum absolute atomic E-state index is 0.000849. The molecule has 0 amide bonds. The Morgan fingerprint density at radius 2 is 1.57 bits per heavy atom. The third-order valence-corrected chi connectivity index (χ3v) is 11.5. The Balaban J connectivity index is 1.83. The Hall–Kier alpha value is -2.42. The predicted octanol–water partition coefficient (Wildman–Crippen LogP) is 5.56. The minimum Gasteiger partial charge on any atom is -0.465 e. The molecule has 11 atom stereocenters. The lowest BCUT2D eigenvalue weighted by Gasteiger charge is -2.60. The van der Waals surface area contributed by atoms with Crippen molar-refractivity contribution in [3.63, 3.8) is 0 Å². The first-order valence-corrected chi connectivity index (χ1v) is 16.6. The zero-order chi connectivity index (χ0) is 32.6. The van der Waals surface area contributed by atoms with E-state index in [-0.39, 0.29) is 42.2 Å². The van der Waals surface area contributed by atoms with Crippen molar-refractivity contribution < 1.29 is 43.2 Å². The number of aliphatic hydroxyl groups excluding tert-OH is 1. The maximum Gasteiger partial charge on any atom is 0.303 e. The number of fused-ring (bicyclic) bond motifs is 5. The third kappa shape index (κ3) is 6.87. The summed E-state index contributed by atoms with van der Waals surface area (Å²) in [7, 11) is 0. The summed E-state index contributed by atoms with van der Waals surface area (Å²) in [5.41, 5.74) is 0.109. The van der Waals surface area contributed by atoms with Gasteiger partial charge in [0.15, 0.2) is 0 Å². The highest BCUT2D eigenvalue weighted by Gasteiger charge is 2.68. The molecule has 0 heterocycles. The minimum atomic E-state index is -0.851. The second-order valence-electron chi connectivity index (χ2n) is 14.9. The maximum atomic E-state index is 12.6. The Morgan fingerprint density at radius 3 is 2.16 bits per heavy atom. The summed E-state index contributed by atoms with van der Waals surface area (Å²) >= 11 is 0. The molecule has 0 unspecified atom stereocenters. The van der Waals surface area contributed by atoms with Crippen molar-refractivity contribution in [1.29, 1.82) is 0 Å². The molecule has 3 saturated carbocycles. The smallest absolute Gasteiger partial charge is 0.303 e. The molecule has 9 heteroatoms. The highest BCUT2D eigenvalue weighted by atomic mass is 16.6. The van der Waals surface area contributed by atoms with E-state index < -0.39 is 47.2 Å². The van der Waals surface area contributed by atoms with Gasteiger partial charge in [0, 0.05) is 44.9 Å². The zero-order valence-electron chi connectivity index (χ0n) is 27.9. The summed E-state index contributed by atoms with van der Waals surface area (Å²) < 4.78 is 23.7. The van der Waals surface area contributed by atoms with Crippen LogP contribution in [0.5, 0.6) is 0 Å². The standard InChI is InChI=1S/C35H54O9/c1-19(2)10-9-11-20(3)27-16-30(43-23(6)38)33-32-26(12-13-35(27,33)18-41-21(4)36)34(8)17-31(44-24(7)39)28(40)14-25(34)15-29(32)42-22(5)37/h15,19-20,26-33,40H,9-14,16-18H2,1-8H3/t20-,26+,27-,28+,29+,30-,31-,32+,33+,34+,35+/m1/s1. The van der Waals surface area contributed by atoms with Gasteiger partial charge in [-0.3, -0.25) is 19.2 Å². The molecule has 248 valence electrons. The molecule has 4 aliphatic carbocycles. The van der Waals surface area contributed by atoms with Gasteiger partial charge in [0.05, 0.1) is 12.7 Å². The lowest BCUT2D eigenvalue weighted by atomic mass is 9.45. The van der Waals surface area contributed by atoms with E-state index in [1.807, 2.05) is 6.08 Å². The topological polar surface area (TPSA) is 125 Å². The average Bonchev–Trinajstić information content (AvgIpc) is 3.22. The van der Waals surface area contributed by atoms with Crippen LogP contribution in [0.1, 0.15) is 107 Å². The first-order valence-electron chi connectivity index (χ1n) is 16.6. The van der Waals surface area contributed by atoms with E-state index in [1.54, 1.807) is 0 Å². The van der Waals surface area contributed by atoms with Gasteiger partial charge in [0.1, 0.15) is 18.3 Å². The highest BCUT2D eigenvalue weighted by Crippen LogP contribution is 2.68. The summed E-state index contributed by atoms with van der Waals surface area (Å²) in [6, 6.07) is 0. The molecule has 44 heavy (non-hydrogen) atoms. The third-order valence-electron chi connectivity index (χ3n) is 11.5. The van der Waals surface area contributed by atoms with Crippen LogP contribution in [0.15, 0.2) is 11.6 Å². The second kappa shape index (κ2) is 13.5. The molecule has 0 saturated heterocycles. The van der Waals surface area contributed by atoms with Crippen LogP contribution in [0.3, 0.4) is 0 Å². The Labute approximate surface area is 262 Å². The van der Waals surface area contributed by atoms with Crippen LogP contribution >= 0.6 is 0 Å². The molecule has 0 aromatic heterocycles. The zero-order valence-corrected chi connectivity index (χ0v) is 27.9. The molecule has 0 aromatic rings.